The number of aliphatic hydroxyl groups is 1. The molecule has 1 amide bonds. The fourth-order valence-electron chi connectivity index (χ4n) is 4.02. The van der Waals surface area contributed by atoms with Crippen molar-refractivity contribution < 1.29 is 32.7 Å². The molecule has 5 rings (SSSR count). The van der Waals surface area contributed by atoms with Gasteiger partial charge in [-0.1, -0.05) is 24.3 Å². The third kappa shape index (κ3) is 3.45. The Kier molecular flexibility index (Phi) is 4.97. The number of hydrogen-bond donors (Lipinski definition) is 1. The quantitative estimate of drug-likeness (QED) is 0.421. The summed E-state index contributed by atoms with van der Waals surface area (Å²) in [4.78, 5) is 27.8. The number of carbonyl (C=O) groups is 2. The Hall–Kier alpha value is -4.33. The number of nitrogens with zero attached hydrogens (tertiary/aromatic N) is 1. The lowest BCUT2D eigenvalue weighted by molar-refractivity contribution is -0.130. The Balaban J connectivity index is 1.57. The summed E-state index contributed by atoms with van der Waals surface area (Å²) in [6, 6.07) is 14.6. The molecular weight excluding hydrogens is 429 g/mol. The molecule has 1 aliphatic rings. The first-order chi connectivity index (χ1) is 16.0. The minimum absolute atomic E-state index is 0.0271. The minimum Gasteiger partial charge on any atom is -0.503 e. The van der Waals surface area contributed by atoms with Crippen LogP contribution in [-0.4, -0.2) is 28.8 Å². The van der Waals surface area contributed by atoms with Crippen molar-refractivity contribution in [2.24, 2.45) is 0 Å². The highest BCUT2D eigenvalue weighted by molar-refractivity contribution is 6.16. The van der Waals surface area contributed by atoms with Crippen LogP contribution in [-0.2, 0) is 11.3 Å². The average Bonchev–Trinajstić information content (AvgIpc) is 3.55. The maximum Gasteiger partial charge on any atom is 0.290 e. The molecule has 2 aromatic heterocycles. The van der Waals surface area contributed by atoms with E-state index in [0.717, 1.165) is 0 Å². The number of benzene rings is 2. The van der Waals surface area contributed by atoms with Crippen LogP contribution in [0.4, 0.5) is 4.39 Å². The van der Waals surface area contributed by atoms with Crippen LogP contribution < -0.4 is 4.74 Å². The zero-order valence-corrected chi connectivity index (χ0v) is 17.4. The normalized spacial score (nSPS) is 16.1. The first-order valence-electron chi connectivity index (χ1n) is 10.1. The van der Waals surface area contributed by atoms with Crippen LogP contribution in [0.2, 0.25) is 0 Å². The molecule has 166 valence electrons. The van der Waals surface area contributed by atoms with E-state index in [1.54, 1.807) is 30.3 Å². The molecule has 1 unspecified atom stereocenters. The van der Waals surface area contributed by atoms with E-state index in [-0.39, 0.29) is 17.9 Å². The molecule has 0 fully saturated rings. The number of methoxy groups -OCH3 is 1. The van der Waals surface area contributed by atoms with Crippen molar-refractivity contribution in [1.29, 1.82) is 0 Å². The van der Waals surface area contributed by atoms with E-state index in [4.69, 9.17) is 13.6 Å². The maximum atomic E-state index is 13.5. The van der Waals surface area contributed by atoms with Crippen LogP contribution in [0.1, 0.15) is 27.9 Å². The summed E-state index contributed by atoms with van der Waals surface area (Å²) in [5.74, 6) is -1.79. The lowest BCUT2D eigenvalue weighted by Crippen LogP contribution is -2.30. The van der Waals surface area contributed by atoms with Gasteiger partial charge in [-0.25, -0.2) is 4.39 Å². The first-order valence-corrected chi connectivity index (χ1v) is 10.1. The first kappa shape index (κ1) is 20.6. The standard InChI is InChI=1S/C25H18FNO6/c1-31-18-5-2-4-15-12-19(33-24(15)18)22(28)20-21(17-6-3-11-32-17)27(25(30)23(20)29)13-14-7-9-16(26)10-8-14/h2-12,21,29H,13H2,1H3. The lowest BCUT2D eigenvalue weighted by Gasteiger charge is -2.24. The highest BCUT2D eigenvalue weighted by Crippen LogP contribution is 2.41. The van der Waals surface area contributed by atoms with Gasteiger partial charge in [0.1, 0.15) is 17.6 Å². The maximum absolute atomic E-state index is 13.5. The number of para-hydroxylation sites is 1. The summed E-state index contributed by atoms with van der Waals surface area (Å²) in [5.41, 5.74) is 0.844. The number of rotatable bonds is 6. The van der Waals surface area contributed by atoms with E-state index in [9.17, 15) is 19.1 Å². The largest absolute Gasteiger partial charge is 0.503 e. The Morgan fingerprint density at radius 3 is 2.64 bits per heavy atom. The van der Waals surface area contributed by atoms with Gasteiger partial charge in [0, 0.05) is 11.9 Å². The van der Waals surface area contributed by atoms with Gasteiger partial charge < -0.3 is 23.6 Å². The van der Waals surface area contributed by atoms with E-state index in [2.05, 4.69) is 0 Å². The smallest absolute Gasteiger partial charge is 0.290 e. The van der Waals surface area contributed by atoms with Crippen LogP contribution in [0.3, 0.4) is 0 Å². The molecule has 0 saturated carbocycles. The molecule has 33 heavy (non-hydrogen) atoms. The van der Waals surface area contributed by atoms with Crippen LogP contribution in [0.15, 0.2) is 87.1 Å². The Morgan fingerprint density at radius 1 is 1.15 bits per heavy atom. The zero-order chi connectivity index (χ0) is 23.1. The van der Waals surface area contributed by atoms with E-state index >= 15 is 0 Å². The second-order valence-electron chi connectivity index (χ2n) is 7.56. The van der Waals surface area contributed by atoms with Gasteiger partial charge in [0.15, 0.2) is 22.9 Å². The predicted molar refractivity (Wildman–Crippen MR) is 115 cm³/mol. The average molecular weight is 447 g/mol. The van der Waals surface area contributed by atoms with Crippen molar-refractivity contribution in [3.63, 3.8) is 0 Å². The number of halogens is 1. The van der Waals surface area contributed by atoms with Gasteiger partial charge in [-0.3, -0.25) is 9.59 Å². The zero-order valence-electron chi connectivity index (χ0n) is 17.4. The summed E-state index contributed by atoms with van der Waals surface area (Å²) in [5, 5.41) is 11.4. The SMILES string of the molecule is COc1cccc2cc(C(=O)C3=C(O)C(=O)N(Cc4ccc(F)cc4)C3c3ccco3)oc12. The molecule has 3 heterocycles. The Bertz CT molecular complexity index is 1380. The molecule has 7 nitrogen and oxygen atoms in total. The molecule has 8 heteroatoms. The van der Waals surface area contributed by atoms with Gasteiger partial charge in [0.2, 0.25) is 5.78 Å². The third-order valence-corrected chi connectivity index (χ3v) is 5.58. The van der Waals surface area contributed by atoms with Crippen molar-refractivity contribution >= 4 is 22.7 Å². The van der Waals surface area contributed by atoms with Gasteiger partial charge in [-0.2, -0.15) is 0 Å². The summed E-state index contributed by atoms with van der Waals surface area (Å²) >= 11 is 0. The minimum atomic E-state index is -0.986. The molecule has 0 radical (unpaired) electrons. The Morgan fingerprint density at radius 2 is 1.94 bits per heavy atom. The molecule has 0 spiro atoms. The molecule has 1 atom stereocenters. The molecule has 0 bridgehead atoms. The predicted octanol–water partition coefficient (Wildman–Crippen LogP) is 4.95. The summed E-state index contributed by atoms with van der Waals surface area (Å²) < 4.78 is 29.9. The molecule has 0 saturated heterocycles. The van der Waals surface area contributed by atoms with Gasteiger partial charge >= 0.3 is 0 Å². The van der Waals surface area contributed by atoms with Crippen LogP contribution in [0.5, 0.6) is 5.75 Å². The lowest BCUT2D eigenvalue weighted by atomic mass is 9.99. The number of aliphatic hydroxyl groups excluding tert-OH is 1. The van der Waals surface area contributed by atoms with Gasteiger partial charge in [-0.05, 0) is 42.0 Å². The van der Waals surface area contributed by atoms with Crippen molar-refractivity contribution in [2.45, 2.75) is 12.6 Å². The van der Waals surface area contributed by atoms with Crippen LogP contribution in [0.25, 0.3) is 11.0 Å². The number of Topliss-reactive ketones (excluding diaryl/α,β-unsaturated/α-hetero) is 1. The van der Waals surface area contributed by atoms with E-state index in [1.807, 2.05) is 0 Å². The second-order valence-corrected chi connectivity index (χ2v) is 7.56. The molecular formula is C25H18FNO6. The van der Waals surface area contributed by atoms with Gasteiger partial charge in [0.05, 0.1) is 18.9 Å². The fourth-order valence-corrected chi connectivity index (χ4v) is 4.02. The number of furan rings is 2. The number of ketones is 1. The van der Waals surface area contributed by atoms with Crippen LogP contribution >= 0.6 is 0 Å². The third-order valence-electron chi connectivity index (χ3n) is 5.58. The number of amides is 1. The summed E-state index contributed by atoms with van der Waals surface area (Å²) in [6.45, 7) is 0.0271. The van der Waals surface area contributed by atoms with E-state index in [0.29, 0.717) is 28.0 Å². The fraction of sp³-hybridized carbons (Fsp3) is 0.120. The molecule has 1 aliphatic heterocycles. The van der Waals surface area contributed by atoms with Gasteiger partial charge in [-0.15, -0.1) is 0 Å². The van der Waals surface area contributed by atoms with Crippen LogP contribution in [0, 0.1) is 5.82 Å². The topological polar surface area (TPSA) is 93.1 Å². The van der Waals surface area contributed by atoms with Gasteiger partial charge in [0.25, 0.3) is 5.91 Å². The van der Waals surface area contributed by atoms with Crippen molar-refractivity contribution in [2.75, 3.05) is 7.11 Å². The van der Waals surface area contributed by atoms with E-state index < -0.39 is 29.3 Å². The Labute approximate surface area is 187 Å². The van der Waals surface area contributed by atoms with Crippen molar-refractivity contribution in [3.8, 4) is 5.75 Å². The summed E-state index contributed by atoms with van der Waals surface area (Å²) in [7, 11) is 1.49. The molecule has 2 aromatic carbocycles. The second kappa shape index (κ2) is 7.98. The summed E-state index contributed by atoms with van der Waals surface area (Å²) in [6.07, 6.45) is 1.42. The van der Waals surface area contributed by atoms with E-state index in [1.165, 1.54) is 48.6 Å². The highest BCUT2D eigenvalue weighted by Gasteiger charge is 2.46. The molecule has 0 aliphatic carbocycles. The number of carbonyl (C=O) groups excluding carboxylic acids is 2. The number of fused-ring (bicyclic) bond motifs is 1. The highest BCUT2D eigenvalue weighted by atomic mass is 19.1. The van der Waals surface area contributed by atoms with Crippen molar-refractivity contribution in [1.82, 2.24) is 4.90 Å². The monoisotopic (exact) mass is 447 g/mol. The number of hydrogen-bond acceptors (Lipinski definition) is 6. The van der Waals surface area contributed by atoms with Crippen molar-refractivity contribution in [3.05, 3.63) is 101 Å². The number of ether oxygens (including phenoxy) is 1. The molecule has 4 aromatic rings. The molecule has 1 N–H and O–H groups in total.